The molecule has 1 amide bonds. The molecule has 1 saturated heterocycles. The number of carbonyl (C=O) groups is 1. The number of likely N-dealkylation sites (tertiary alicyclic amines) is 1. The smallest absolute Gasteiger partial charge is 0.254 e. The van der Waals surface area contributed by atoms with Gasteiger partial charge in [-0.25, -0.2) is 0 Å². The molecule has 3 N–H and O–H groups in total. The Labute approximate surface area is 142 Å². The minimum Gasteiger partial charge on any atom is -0.388 e. The van der Waals surface area contributed by atoms with E-state index in [1.165, 1.54) is 0 Å². The summed E-state index contributed by atoms with van der Waals surface area (Å²) in [5.74, 6) is 0.0429. The second-order valence-electron chi connectivity index (χ2n) is 6.36. The molecule has 2 atom stereocenters. The van der Waals surface area contributed by atoms with Crippen LogP contribution in [0.25, 0.3) is 0 Å². The van der Waals surface area contributed by atoms with E-state index >= 15 is 0 Å². The van der Waals surface area contributed by atoms with Crippen LogP contribution in [0, 0.1) is 0 Å². The monoisotopic (exact) mass is 324 g/mol. The van der Waals surface area contributed by atoms with Crippen molar-refractivity contribution in [2.24, 2.45) is 5.73 Å². The molecule has 4 heteroatoms. The van der Waals surface area contributed by atoms with E-state index in [9.17, 15) is 9.90 Å². The Morgan fingerprint density at radius 3 is 2.54 bits per heavy atom. The summed E-state index contributed by atoms with van der Waals surface area (Å²) in [6.45, 7) is 1.23. The van der Waals surface area contributed by atoms with Crippen molar-refractivity contribution in [3.63, 3.8) is 0 Å². The van der Waals surface area contributed by atoms with Crippen molar-refractivity contribution in [3.8, 4) is 0 Å². The zero-order valence-electron chi connectivity index (χ0n) is 13.8. The molecule has 0 saturated carbocycles. The van der Waals surface area contributed by atoms with Gasteiger partial charge in [0.15, 0.2) is 0 Å². The molecule has 0 spiro atoms. The van der Waals surface area contributed by atoms with Crippen LogP contribution in [-0.4, -0.2) is 28.5 Å². The van der Waals surface area contributed by atoms with Crippen molar-refractivity contribution >= 4 is 5.91 Å². The number of rotatable bonds is 5. The van der Waals surface area contributed by atoms with Gasteiger partial charge in [-0.1, -0.05) is 42.5 Å². The number of aliphatic hydroxyl groups is 1. The minimum atomic E-state index is -0.538. The number of amides is 1. The summed E-state index contributed by atoms with van der Waals surface area (Å²) >= 11 is 0. The summed E-state index contributed by atoms with van der Waals surface area (Å²) in [6.07, 6.45) is 1.97. The first-order chi connectivity index (χ1) is 11.7. The molecular weight excluding hydrogens is 300 g/mol. The van der Waals surface area contributed by atoms with E-state index < -0.39 is 6.10 Å². The lowest BCUT2D eigenvalue weighted by molar-refractivity contribution is 0.0667. The second-order valence-corrected chi connectivity index (χ2v) is 6.36. The minimum absolute atomic E-state index is 0.0429. The van der Waals surface area contributed by atoms with Crippen LogP contribution in [0.15, 0.2) is 54.6 Å². The van der Waals surface area contributed by atoms with Gasteiger partial charge in [0.1, 0.15) is 0 Å². The van der Waals surface area contributed by atoms with E-state index in [2.05, 4.69) is 0 Å². The van der Waals surface area contributed by atoms with Crippen LogP contribution in [-0.2, 0) is 6.54 Å². The van der Waals surface area contributed by atoms with Gasteiger partial charge in [-0.3, -0.25) is 4.79 Å². The Morgan fingerprint density at radius 1 is 1.17 bits per heavy atom. The van der Waals surface area contributed by atoms with Crippen molar-refractivity contribution < 1.29 is 9.90 Å². The number of aliphatic hydroxyl groups excluding tert-OH is 1. The van der Waals surface area contributed by atoms with Crippen molar-refractivity contribution in [3.05, 3.63) is 71.3 Å². The van der Waals surface area contributed by atoms with Crippen molar-refractivity contribution in [2.45, 2.75) is 38.0 Å². The average Bonchev–Trinajstić information content (AvgIpc) is 3.10. The van der Waals surface area contributed by atoms with E-state index in [1.54, 1.807) is 0 Å². The molecule has 0 radical (unpaired) electrons. The summed E-state index contributed by atoms with van der Waals surface area (Å²) < 4.78 is 0. The number of nitrogens with two attached hydrogens (primary N) is 1. The highest BCUT2D eigenvalue weighted by atomic mass is 16.3. The normalized spacial score (nSPS) is 18.6. The molecule has 1 fully saturated rings. The fourth-order valence-electron chi connectivity index (χ4n) is 3.37. The summed E-state index contributed by atoms with van der Waals surface area (Å²) in [5, 5.41) is 10.5. The maximum absolute atomic E-state index is 12.8. The predicted molar refractivity (Wildman–Crippen MR) is 94.4 cm³/mol. The molecular formula is C20H24N2O2. The zero-order chi connectivity index (χ0) is 16.9. The van der Waals surface area contributed by atoms with Gasteiger partial charge in [-0.05, 0) is 42.5 Å². The lowest BCUT2D eigenvalue weighted by Gasteiger charge is -2.27. The van der Waals surface area contributed by atoms with Crippen LogP contribution in [0.5, 0.6) is 0 Å². The van der Waals surface area contributed by atoms with E-state index in [0.717, 1.165) is 30.5 Å². The molecule has 3 rings (SSSR count). The van der Waals surface area contributed by atoms with E-state index in [0.29, 0.717) is 18.5 Å². The van der Waals surface area contributed by atoms with Crippen LogP contribution in [0.3, 0.4) is 0 Å². The van der Waals surface area contributed by atoms with Gasteiger partial charge in [0.2, 0.25) is 0 Å². The topological polar surface area (TPSA) is 66.6 Å². The lowest BCUT2D eigenvalue weighted by Crippen LogP contribution is -2.36. The summed E-state index contributed by atoms with van der Waals surface area (Å²) in [5.41, 5.74) is 8.22. The van der Waals surface area contributed by atoms with Crippen molar-refractivity contribution in [1.29, 1.82) is 0 Å². The van der Waals surface area contributed by atoms with Crippen LogP contribution >= 0.6 is 0 Å². The molecule has 0 aliphatic carbocycles. The molecule has 24 heavy (non-hydrogen) atoms. The summed E-state index contributed by atoms with van der Waals surface area (Å²) in [7, 11) is 0. The molecule has 4 nitrogen and oxygen atoms in total. The fraction of sp³-hybridized carbons (Fsp3) is 0.350. The van der Waals surface area contributed by atoms with Gasteiger partial charge in [0, 0.05) is 24.7 Å². The van der Waals surface area contributed by atoms with Crippen molar-refractivity contribution in [2.75, 3.05) is 6.54 Å². The fourth-order valence-corrected chi connectivity index (χ4v) is 3.37. The third-order valence-corrected chi connectivity index (χ3v) is 4.75. The number of benzene rings is 2. The van der Waals surface area contributed by atoms with Crippen molar-refractivity contribution in [1.82, 2.24) is 4.90 Å². The Hall–Kier alpha value is -2.17. The number of hydrogen-bond donors (Lipinski definition) is 2. The number of carbonyl (C=O) groups excluding carboxylic acids is 1. The Morgan fingerprint density at radius 2 is 1.88 bits per heavy atom. The Balaban J connectivity index is 1.69. The van der Waals surface area contributed by atoms with E-state index in [4.69, 9.17) is 5.73 Å². The molecule has 1 aliphatic rings. The molecule has 2 aromatic carbocycles. The van der Waals surface area contributed by atoms with Gasteiger partial charge in [0.25, 0.3) is 5.91 Å². The molecule has 0 aromatic heterocycles. The van der Waals surface area contributed by atoms with Gasteiger partial charge in [-0.2, -0.15) is 0 Å². The zero-order valence-corrected chi connectivity index (χ0v) is 13.8. The lowest BCUT2D eigenvalue weighted by atomic mass is 10.00. The molecule has 2 aromatic rings. The van der Waals surface area contributed by atoms with Gasteiger partial charge in [-0.15, -0.1) is 0 Å². The molecule has 126 valence electrons. The predicted octanol–water partition coefficient (Wildman–Crippen LogP) is 2.87. The van der Waals surface area contributed by atoms with E-state index in [-0.39, 0.29) is 11.9 Å². The molecule has 2 unspecified atom stereocenters. The van der Waals surface area contributed by atoms with Crippen LogP contribution < -0.4 is 5.73 Å². The third-order valence-electron chi connectivity index (χ3n) is 4.75. The molecule has 1 aliphatic heterocycles. The molecule has 0 bridgehead atoms. The summed E-state index contributed by atoms with van der Waals surface area (Å²) in [6, 6.07) is 17.2. The summed E-state index contributed by atoms with van der Waals surface area (Å²) in [4.78, 5) is 14.7. The standard InChI is InChI=1S/C20H24N2O2/c21-14-15-8-10-17(11-9-15)20(24)22-12-4-7-18(22)13-19(23)16-5-2-1-3-6-16/h1-3,5-6,8-11,18-19,23H,4,7,12-14,21H2. The molecule has 1 heterocycles. The van der Waals surface area contributed by atoms with Gasteiger partial charge in [0.05, 0.1) is 6.10 Å². The largest absolute Gasteiger partial charge is 0.388 e. The quantitative estimate of drug-likeness (QED) is 0.889. The maximum Gasteiger partial charge on any atom is 0.254 e. The first-order valence-electron chi connectivity index (χ1n) is 8.52. The Kier molecular flexibility index (Phi) is 5.28. The van der Waals surface area contributed by atoms with E-state index in [1.807, 2.05) is 59.5 Å². The van der Waals surface area contributed by atoms with Crippen LogP contribution in [0.2, 0.25) is 0 Å². The first kappa shape index (κ1) is 16.7. The highest BCUT2D eigenvalue weighted by molar-refractivity contribution is 5.94. The number of hydrogen-bond acceptors (Lipinski definition) is 3. The van der Waals surface area contributed by atoms with Crippen LogP contribution in [0.4, 0.5) is 0 Å². The average molecular weight is 324 g/mol. The maximum atomic E-state index is 12.8. The van der Waals surface area contributed by atoms with Crippen LogP contribution in [0.1, 0.15) is 46.9 Å². The third kappa shape index (κ3) is 3.66. The second kappa shape index (κ2) is 7.60. The first-order valence-corrected chi connectivity index (χ1v) is 8.52. The number of nitrogens with zero attached hydrogens (tertiary/aromatic N) is 1. The highest BCUT2D eigenvalue weighted by Crippen LogP contribution is 2.28. The Bertz CT molecular complexity index is 670. The van der Waals surface area contributed by atoms with Gasteiger partial charge < -0.3 is 15.7 Å². The van der Waals surface area contributed by atoms with Gasteiger partial charge >= 0.3 is 0 Å². The SMILES string of the molecule is NCc1ccc(C(=O)N2CCCC2CC(O)c2ccccc2)cc1. The highest BCUT2D eigenvalue weighted by Gasteiger charge is 2.31.